The van der Waals surface area contributed by atoms with Gasteiger partial charge in [0.25, 0.3) is 5.92 Å². The molecule has 2 atom stereocenters. The van der Waals surface area contributed by atoms with Crippen LogP contribution in [0.25, 0.3) is 0 Å². The Morgan fingerprint density at radius 3 is 2.10 bits per heavy atom. The van der Waals surface area contributed by atoms with Crippen molar-refractivity contribution in [1.82, 2.24) is 5.01 Å². The van der Waals surface area contributed by atoms with Gasteiger partial charge >= 0.3 is 0 Å². The Morgan fingerprint density at radius 2 is 1.80 bits per heavy atom. The van der Waals surface area contributed by atoms with Gasteiger partial charge < -0.3 is 0 Å². The first-order chi connectivity index (χ1) is 4.58. The molecular weight excluding hydrogens is 138 g/mol. The van der Waals surface area contributed by atoms with Crippen molar-refractivity contribution in [1.29, 1.82) is 0 Å². The largest absolute Gasteiger partial charge is 0.268 e. The van der Waals surface area contributed by atoms with Gasteiger partial charge in [0.2, 0.25) is 0 Å². The minimum Gasteiger partial charge on any atom is -0.268 e. The van der Waals surface area contributed by atoms with Crippen LogP contribution in [0.3, 0.4) is 0 Å². The molecule has 2 aliphatic heterocycles. The molecule has 10 heavy (non-hydrogen) atoms. The Kier molecular flexibility index (Phi) is 1.09. The maximum absolute atomic E-state index is 12.6. The van der Waals surface area contributed by atoms with Crippen molar-refractivity contribution >= 4 is 0 Å². The SMILES string of the molecule is NN1C2CC1CC(F)(F)C2. The Bertz CT molecular complexity index is 146. The lowest BCUT2D eigenvalue weighted by Gasteiger charge is -2.52. The van der Waals surface area contributed by atoms with Crippen LogP contribution in [0.4, 0.5) is 8.78 Å². The monoisotopic (exact) mass is 148 g/mol. The van der Waals surface area contributed by atoms with E-state index in [9.17, 15) is 8.78 Å². The summed E-state index contributed by atoms with van der Waals surface area (Å²) < 4.78 is 25.2. The van der Waals surface area contributed by atoms with Gasteiger partial charge in [-0.25, -0.2) is 13.8 Å². The Morgan fingerprint density at radius 1 is 1.30 bits per heavy atom. The molecule has 2 heterocycles. The van der Waals surface area contributed by atoms with Crippen molar-refractivity contribution < 1.29 is 8.78 Å². The quantitative estimate of drug-likeness (QED) is 0.513. The second-order valence-electron chi connectivity index (χ2n) is 3.25. The van der Waals surface area contributed by atoms with E-state index in [1.54, 1.807) is 5.01 Å². The van der Waals surface area contributed by atoms with Crippen LogP contribution in [0, 0.1) is 0 Å². The van der Waals surface area contributed by atoms with Crippen LogP contribution in [-0.2, 0) is 0 Å². The van der Waals surface area contributed by atoms with Crippen LogP contribution in [0.15, 0.2) is 0 Å². The topological polar surface area (TPSA) is 29.3 Å². The first kappa shape index (κ1) is 6.49. The molecule has 0 spiro atoms. The van der Waals surface area contributed by atoms with Gasteiger partial charge in [-0.05, 0) is 6.42 Å². The van der Waals surface area contributed by atoms with Gasteiger partial charge in [0.1, 0.15) is 0 Å². The standard InChI is InChI=1S/C6H10F2N2/c7-6(8)2-4-1-5(3-6)10(4)9/h4-5H,1-3,9H2. The zero-order chi connectivity index (χ0) is 7.35. The van der Waals surface area contributed by atoms with Crippen LogP contribution < -0.4 is 5.84 Å². The third kappa shape index (κ3) is 0.754. The maximum Gasteiger partial charge on any atom is 0.251 e. The molecule has 0 aromatic carbocycles. The second-order valence-corrected chi connectivity index (χ2v) is 3.25. The van der Waals surface area contributed by atoms with E-state index in [0.717, 1.165) is 6.42 Å². The van der Waals surface area contributed by atoms with Crippen molar-refractivity contribution in [2.24, 2.45) is 5.84 Å². The second kappa shape index (κ2) is 1.68. The maximum atomic E-state index is 12.6. The summed E-state index contributed by atoms with van der Waals surface area (Å²) in [6.07, 6.45) is 0.784. The highest BCUT2D eigenvalue weighted by Gasteiger charge is 2.52. The van der Waals surface area contributed by atoms with Crippen molar-refractivity contribution in [3.05, 3.63) is 0 Å². The van der Waals surface area contributed by atoms with E-state index >= 15 is 0 Å². The van der Waals surface area contributed by atoms with Gasteiger partial charge in [-0.2, -0.15) is 0 Å². The lowest BCUT2D eigenvalue weighted by Crippen LogP contribution is -2.66. The van der Waals surface area contributed by atoms with Gasteiger partial charge in [0.05, 0.1) is 0 Å². The number of halogens is 2. The summed E-state index contributed by atoms with van der Waals surface area (Å²) in [7, 11) is 0. The van der Waals surface area contributed by atoms with Crippen molar-refractivity contribution in [3.63, 3.8) is 0 Å². The molecule has 3 aliphatic rings. The minimum atomic E-state index is -2.44. The highest BCUT2D eigenvalue weighted by molar-refractivity contribution is 5.00. The van der Waals surface area contributed by atoms with Crippen molar-refractivity contribution in [3.8, 4) is 0 Å². The summed E-state index contributed by atoms with van der Waals surface area (Å²) in [6, 6.07) is -0.0949. The highest BCUT2D eigenvalue weighted by atomic mass is 19.3. The van der Waals surface area contributed by atoms with E-state index < -0.39 is 5.92 Å². The number of rotatable bonds is 0. The smallest absolute Gasteiger partial charge is 0.251 e. The number of hydrazine groups is 1. The molecule has 1 aliphatic carbocycles. The van der Waals surface area contributed by atoms with E-state index in [-0.39, 0.29) is 24.9 Å². The van der Waals surface area contributed by atoms with E-state index in [1.807, 2.05) is 0 Å². The van der Waals surface area contributed by atoms with Gasteiger partial charge in [0, 0.05) is 24.9 Å². The molecule has 3 fully saturated rings. The molecule has 58 valence electrons. The van der Waals surface area contributed by atoms with Gasteiger partial charge in [-0.15, -0.1) is 0 Å². The molecule has 2 N–H and O–H groups in total. The van der Waals surface area contributed by atoms with Gasteiger partial charge in [-0.3, -0.25) is 5.84 Å². The molecule has 4 heteroatoms. The van der Waals surface area contributed by atoms with Crippen molar-refractivity contribution in [2.75, 3.05) is 0 Å². The number of fused-ring (bicyclic) bond motifs is 2. The number of nitrogens with two attached hydrogens (primary N) is 1. The third-order valence-electron chi connectivity index (χ3n) is 2.46. The lowest BCUT2D eigenvalue weighted by molar-refractivity contribution is -0.158. The third-order valence-corrected chi connectivity index (χ3v) is 2.46. The molecule has 2 nitrogen and oxygen atoms in total. The fourth-order valence-corrected chi connectivity index (χ4v) is 1.87. The van der Waals surface area contributed by atoms with Gasteiger partial charge in [0.15, 0.2) is 0 Å². The number of alkyl halides is 2. The van der Waals surface area contributed by atoms with E-state index in [1.165, 1.54) is 0 Å². The number of piperidine rings is 1. The first-order valence-corrected chi connectivity index (χ1v) is 3.49. The summed E-state index contributed by atoms with van der Waals surface area (Å²) in [5, 5.41) is 1.57. The molecular formula is C6H10F2N2. The molecule has 3 rings (SSSR count). The van der Waals surface area contributed by atoms with Crippen LogP contribution in [0.5, 0.6) is 0 Å². The molecule has 0 amide bonds. The van der Waals surface area contributed by atoms with Crippen molar-refractivity contribution in [2.45, 2.75) is 37.3 Å². The average molecular weight is 148 g/mol. The molecule has 0 aromatic heterocycles. The highest BCUT2D eigenvalue weighted by Crippen LogP contribution is 2.43. The normalized spacial score (nSPS) is 44.7. The van der Waals surface area contributed by atoms with Crippen LogP contribution in [0.2, 0.25) is 0 Å². The summed E-state index contributed by atoms with van der Waals surface area (Å²) >= 11 is 0. The molecule has 0 aromatic rings. The van der Waals surface area contributed by atoms with E-state index in [4.69, 9.17) is 5.84 Å². The number of hydrogen-bond donors (Lipinski definition) is 1. The summed E-state index contributed by atoms with van der Waals surface area (Å²) in [6.45, 7) is 0. The number of hydrogen-bond acceptors (Lipinski definition) is 2. The lowest BCUT2D eigenvalue weighted by atomic mass is 9.79. The zero-order valence-electron chi connectivity index (χ0n) is 5.56. The predicted octanol–water partition coefficient (Wildman–Crippen LogP) is 0.732. The van der Waals surface area contributed by atoms with Crippen LogP contribution in [0.1, 0.15) is 19.3 Å². The molecule has 1 saturated carbocycles. The molecule has 2 unspecified atom stereocenters. The molecule has 2 bridgehead atoms. The van der Waals surface area contributed by atoms with Crippen LogP contribution in [-0.4, -0.2) is 23.0 Å². The molecule has 2 saturated heterocycles. The fourth-order valence-electron chi connectivity index (χ4n) is 1.87. The summed E-state index contributed by atoms with van der Waals surface area (Å²) in [5.74, 6) is 3.01. The summed E-state index contributed by atoms with van der Waals surface area (Å²) in [4.78, 5) is 0. The molecule has 0 radical (unpaired) electrons. The fraction of sp³-hybridized carbons (Fsp3) is 1.00. The zero-order valence-corrected chi connectivity index (χ0v) is 5.56. The minimum absolute atomic E-state index is 0.0417. The van der Waals surface area contributed by atoms with E-state index in [2.05, 4.69) is 0 Å². The predicted molar refractivity (Wildman–Crippen MR) is 32.4 cm³/mol. The van der Waals surface area contributed by atoms with Crippen LogP contribution >= 0.6 is 0 Å². The van der Waals surface area contributed by atoms with E-state index in [0.29, 0.717) is 0 Å². The first-order valence-electron chi connectivity index (χ1n) is 3.49. The van der Waals surface area contributed by atoms with Gasteiger partial charge in [-0.1, -0.05) is 0 Å². The summed E-state index contributed by atoms with van der Waals surface area (Å²) in [5.41, 5.74) is 0. The average Bonchev–Trinajstić information content (AvgIpc) is 1.85. The Balaban J connectivity index is 2.06. The Labute approximate surface area is 58.0 Å². The number of nitrogens with zero attached hydrogens (tertiary/aromatic N) is 1. The Hall–Kier alpha value is -0.220.